The Labute approximate surface area is 237 Å². The van der Waals surface area contributed by atoms with Crippen LogP contribution in [-0.4, -0.2) is 35.9 Å². The first-order valence-electron chi connectivity index (χ1n) is 14.1. The number of aryl methyl sites for hydroxylation is 1. The lowest BCUT2D eigenvalue weighted by atomic mass is 9.83. The lowest BCUT2D eigenvalue weighted by molar-refractivity contribution is -0.123. The average Bonchev–Trinajstić information content (AvgIpc) is 3.46. The number of hydrogen-bond acceptors (Lipinski definition) is 4. The van der Waals surface area contributed by atoms with E-state index in [1.54, 1.807) is 30.0 Å². The molecule has 9 heteroatoms. The number of hydrogen-bond donors (Lipinski definition) is 2. The van der Waals surface area contributed by atoms with Crippen LogP contribution >= 0.6 is 0 Å². The Morgan fingerprint density at radius 1 is 0.927 bits per heavy atom. The minimum Gasteiger partial charge on any atom is -0.435 e. The molecule has 0 unspecified atom stereocenters. The summed E-state index contributed by atoms with van der Waals surface area (Å²) in [6.07, 6.45) is 5.70. The molecule has 3 aromatic carbocycles. The summed E-state index contributed by atoms with van der Waals surface area (Å²) in [5, 5.41) is 6.37. The second kappa shape index (κ2) is 12.7. The van der Waals surface area contributed by atoms with Gasteiger partial charge in [-0.2, -0.15) is 8.78 Å². The first-order valence-corrected chi connectivity index (χ1v) is 14.1. The van der Waals surface area contributed by atoms with E-state index in [4.69, 9.17) is 0 Å². The number of likely N-dealkylation sites (tertiary alicyclic amines) is 1. The van der Waals surface area contributed by atoms with Gasteiger partial charge in [-0.05, 0) is 74.1 Å². The van der Waals surface area contributed by atoms with Gasteiger partial charge in [-0.3, -0.25) is 9.59 Å². The Hall–Kier alpha value is -4.01. The summed E-state index contributed by atoms with van der Waals surface area (Å²) in [6, 6.07) is 17.8. The number of carbonyl (C=O) groups is 2. The van der Waals surface area contributed by atoms with E-state index in [0.717, 1.165) is 24.1 Å². The molecule has 2 aliphatic rings. The van der Waals surface area contributed by atoms with Crippen molar-refractivity contribution in [2.45, 2.75) is 64.1 Å². The topological polar surface area (TPSA) is 70.7 Å². The maximum absolute atomic E-state index is 14.9. The van der Waals surface area contributed by atoms with Crippen molar-refractivity contribution in [3.05, 3.63) is 89.2 Å². The SMILES string of the molecule is Cc1cccc(F)c1C(=O)N1CCC[C@H](C(=O)Nc2cccc(OC(F)F)c2)[C@@H]1c1ccc(NC2CCCC2)cc1. The second-order valence-electron chi connectivity index (χ2n) is 10.8. The van der Waals surface area contributed by atoms with Gasteiger partial charge in [0, 0.05) is 30.0 Å². The van der Waals surface area contributed by atoms with Crippen molar-refractivity contribution in [2.24, 2.45) is 5.92 Å². The molecule has 1 aliphatic heterocycles. The third-order valence-electron chi connectivity index (χ3n) is 7.97. The summed E-state index contributed by atoms with van der Waals surface area (Å²) < 4.78 is 44.8. The van der Waals surface area contributed by atoms with Gasteiger partial charge < -0.3 is 20.3 Å². The average molecular weight is 566 g/mol. The van der Waals surface area contributed by atoms with E-state index >= 15 is 0 Å². The summed E-state index contributed by atoms with van der Waals surface area (Å²) in [4.78, 5) is 29.1. The fourth-order valence-electron chi connectivity index (χ4n) is 6.02. The van der Waals surface area contributed by atoms with Gasteiger partial charge in [-0.1, -0.05) is 43.2 Å². The third kappa shape index (κ3) is 6.66. The monoisotopic (exact) mass is 565 g/mol. The number of amides is 2. The molecule has 3 aromatic rings. The first-order chi connectivity index (χ1) is 19.8. The highest BCUT2D eigenvalue weighted by Crippen LogP contribution is 2.39. The van der Waals surface area contributed by atoms with Crippen LogP contribution in [0.5, 0.6) is 5.75 Å². The van der Waals surface area contributed by atoms with Crippen LogP contribution in [0.25, 0.3) is 0 Å². The largest absolute Gasteiger partial charge is 0.435 e. The highest BCUT2D eigenvalue weighted by molar-refractivity contribution is 5.98. The second-order valence-corrected chi connectivity index (χ2v) is 10.8. The molecule has 0 aromatic heterocycles. The molecule has 2 amide bonds. The first kappa shape index (κ1) is 28.5. The Kier molecular flexibility index (Phi) is 8.81. The lowest BCUT2D eigenvalue weighted by Crippen LogP contribution is -2.46. The molecule has 5 rings (SSSR count). The van der Waals surface area contributed by atoms with Crippen molar-refractivity contribution >= 4 is 23.2 Å². The van der Waals surface area contributed by atoms with Crippen LogP contribution in [0, 0.1) is 18.7 Å². The number of piperidine rings is 1. The molecule has 0 radical (unpaired) electrons. The standard InChI is InChI=1S/C32H34F3N3O3/c1-20-7-4-13-27(33)28(20)31(40)38-18-6-12-26(30(39)37-24-10-5-11-25(19-24)41-32(34)35)29(38)21-14-16-23(17-15-21)36-22-8-2-3-9-22/h4-5,7,10-11,13-17,19,22,26,29,32,36H,2-3,6,8-9,12,18H2,1H3,(H,37,39)/t26-,29-/m0/s1. The number of nitrogens with zero attached hydrogens (tertiary/aromatic N) is 1. The Balaban J connectivity index is 1.45. The van der Waals surface area contributed by atoms with E-state index in [0.29, 0.717) is 36.7 Å². The molecule has 0 bridgehead atoms. The summed E-state index contributed by atoms with van der Waals surface area (Å²) in [7, 11) is 0. The predicted molar refractivity (Wildman–Crippen MR) is 152 cm³/mol. The summed E-state index contributed by atoms with van der Waals surface area (Å²) in [5.74, 6) is -2.17. The van der Waals surface area contributed by atoms with Gasteiger partial charge in [0.1, 0.15) is 11.6 Å². The maximum Gasteiger partial charge on any atom is 0.387 e. The van der Waals surface area contributed by atoms with Crippen molar-refractivity contribution in [3.8, 4) is 5.75 Å². The molecule has 2 atom stereocenters. The number of carbonyl (C=O) groups excluding carboxylic acids is 2. The molecule has 216 valence electrons. The third-order valence-corrected chi connectivity index (χ3v) is 7.97. The van der Waals surface area contributed by atoms with Crippen molar-refractivity contribution in [1.82, 2.24) is 4.90 Å². The Morgan fingerprint density at radius 3 is 2.37 bits per heavy atom. The van der Waals surface area contributed by atoms with E-state index in [1.165, 1.54) is 37.1 Å². The van der Waals surface area contributed by atoms with Crippen LogP contribution in [0.1, 0.15) is 66.1 Å². The number of anilines is 2. The van der Waals surface area contributed by atoms with E-state index < -0.39 is 30.3 Å². The molecule has 1 aliphatic carbocycles. The van der Waals surface area contributed by atoms with Gasteiger partial charge in [-0.15, -0.1) is 0 Å². The fourth-order valence-corrected chi connectivity index (χ4v) is 6.02. The van der Waals surface area contributed by atoms with Crippen LogP contribution < -0.4 is 15.4 Å². The van der Waals surface area contributed by atoms with Crippen molar-refractivity contribution in [3.63, 3.8) is 0 Å². The van der Waals surface area contributed by atoms with Gasteiger partial charge in [0.05, 0.1) is 17.5 Å². The summed E-state index contributed by atoms with van der Waals surface area (Å²) in [6.45, 7) is -0.936. The highest BCUT2D eigenvalue weighted by atomic mass is 19.3. The van der Waals surface area contributed by atoms with Crippen molar-refractivity contribution in [2.75, 3.05) is 17.2 Å². The van der Waals surface area contributed by atoms with E-state index in [1.807, 2.05) is 24.3 Å². The Bertz CT molecular complexity index is 1360. The molecule has 2 N–H and O–H groups in total. The maximum atomic E-state index is 14.9. The predicted octanol–water partition coefficient (Wildman–Crippen LogP) is 7.32. The fraction of sp³-hybridized carbons (Fsp3) is 0.375. The zero-order valence-electron chi connectivity index (χ0n) is 22.9. The van der Waals surface area contributed by atoms with Crippen LogP contribution in [0.2, 0.25) is 0 Å². The van der Waals surface area contributed by atoms with Crippen LogP contribution in [0.4, 0.5) is 24.5 Å². The van der Waals surface area contributed by atoms with Gasteiger partial charge in [0.15, 0.2) is 0 Å². The molecule has 1 heterocycles. The van der Waals surface area contributed by atoms with Crippen LogP contribution in [-0.2, 0) is 4.79 Å². The molecule has 6 nitrogen and oxygen atoms in total. The highest BCUT2D eigenvalue weighted by Gasteiger charge is 2.40. The van der Waals surface area contributed by atoms with Crippen LogP contribution in [0.3, 0.4) is 0 Å². The smallest absolute Gasteiger partial charge is 0.387 e. The number of ether oxygens (including phenoxy) is 1. The molecule has 1 saturated carbocycles. The molecular formula is C32H34F3N3O3. The van der Waals surface area contributed by atoms with Gasteiger partial charge in [0.2, 0.25) is 5.91 Å². The van der Waals surface area contributed by atoms with Gasteiger partial charge in [-0.25, -0.2) is 4.39 Å². The minimum absolute atomic E-state index is 0.00470. The van der Waals surface area contributed by atoms with Crippen molar-refractivity contribution < 1.29 is 27.5 Å². The van der Waals surface area contributed by atoms with Gasteiger partial charge >= 0.3 is 6.61 Å². The summed E-state index contributed by atoms with van der Waals surface area (Å²) in [5.41, 5.74) is 2.55. The minimum atomic E-state index is -2.99. The number of halogens is 3. The van der Waals surface area contributed by atoms with Crippen molar-refractivity contribution in [1.29, 1.82) is 0 Å². The van der Waals surface area contributed by atoms with Crippen LogP contribution in [0.15, 0.2) is 66.7 Å². The number of benzene rings is 3. The van der Waals surface area contributed by atoms with E-state index in [2.05, 4.69) is 15.4 Å². The zero-order chi connectivity index (χ0) is 28.9. The zero-order valence-corrected chi connectivity index (χ0v) is 22.9. The molecule has 2 fully saturated rings. The van der Waals surface area contributed by atoms with Gasteiger partial charge in [0.25, 0.3) is 5.91 Å². The molecule has 1 saturated heterocycles. The van der Waals surface area contributed by atoms with E-state index in [9.17, 15) is 22.8 Å². The lowest BCUT2D eigenvalue weighted by Gasteiger charge is -2.41. The molecule has 41 heavy (non-hydrogen) atoms. The Morgan fingerprint density at radius 2 is 1.66 bits per heavy atom. The van der Waals surface area contributed by atoms with E-state index in [-0.39, 0.29) is 17.2 Å². The number of alkyl halides is 2. The normalized spacial score (nSPS) is 19.3. The number of rotatable bonds is 8. The summed E-state index contributed by atoms with van der Waals surface area (Å²) >= 11 is 0. The molecular weight excluding hydrogens is 531 g/mol. The quantitative estimate of drug-likeness (QED) is 0.300. The number of nitrogens with one attached hydrogen (secondary N) is 2. The molecule has 0 spiro atoms.